The highest BCUT2D eigenvalue weighted by Gasteiger charge is 2.31. The number of hydrogen-bond donors (Lipinski definition) is 2. The number of aromatic nitrogens is 1. The highest BCUT2D eigenvalue weighted by Crippen LogP contribution is 2.30. The number of ether oxygens (including phenoxy) is 1. The van der Waals surface area contributed by atoms with Crippen LogP contribution in [0.25, 0.3) is 0 Å². The first-order valence-corrected chi connectivity index (χ1v) is 8.69. The van der Waals surface area contributed by atoms with E-state index >= 15 is 0 Å². The van der Waals surface area contributed by atoms with Crippen LogP contribution in [0.1, 0.15) is 63.9 Å². The number of amides is 1. The van der Waals surface area contributed by atoms with E-state index in [1.165, 1.54) is 0 Å². The SMILES string of the molecule is CCCCOc1ncccc1CNC(=O)CC1(O)CCCCC1. The Kier molecular flexibility index (Phi) is 6.84. The number of aliphatic hydroxyl groups is 1. The van der Waals surface area contributed by atoms with E-state index in [9.17, 15) is 9.90 Å². The summed E-state index contributed by atoms with van der Waals surface area (Å²) < 4.78 is 5.67. The van der Waals surface area contributed by atoms with Gasteiger partial charge in [0, 0.05) is 18.3 Å². The second kappa shape index (κ2) is 8.87. The van der Waals surface area contributed by atoms with Gasteiger partial charge in [0.1, 0.15) is 0 Å². The van der Waals surface area contributed by atoms with E-state index < -0.39 is 5.60 Å². The molecule has 128 valence electrons. The van der Waals surface area contributed by atoms with Crippen LogP contribution in [-0.2, 0) is 11.3 Å². The van der Waals surface area contributed by atoms with Gasteiger partial charge in [-0.15, -0.1) is 0 Å². The Hall–Kier alpha value is -1.62. The molecule has 5 heteroatoms. The number of carbonyl (C=O) groups is 1. The molecule has 5 nitrogen and oxygen atoms in total. The van der Waals surface area contributed by atoms with Gasteiger partial charge in [-0.25, -0.2) is 4.98 Å². The summed E-state index contributed by atoms with van der Waals surface area (Å²) in [5.74, 6) is 0.468. The van der Waals surface area contributed by atoms with Crippen LogP contribution in [0.3, 0.4) is 0 Å². The van der Waals surface area contributed by atoms with Crippen LogP contribution < -0.4 is 10.1 Å². The molecule has 1 aromatic rings. The zero-order valence-electron chi connectivity index (χ0n) is 14.0. The molecular formula is C18H28N2O3. The first-order chi connectivity index (χ1) is 11.1. The lowest BCUT2D eigenvalue weighted by Gasteiger charge is -2.31. The van der Waals surface area contributed by atoms with Crippen molar-refractivity contribution in [1.82, 2.24) is 10.3 Å². The van der Waals surface area contributed by atoms with E-state index in [4.69, 9.17) is 4.74 Å². The van der Waals surface area contributed by atoms with Gasteiger partial charge in [-0.1, -0.05) is 38.7 Å². The van der Waals surface area contributed by atoms with Crippen molar-refractivity contribution in [1.29, 1.82) is 0 Å². The molecule has 0 bridgehead atoms. The molecule has 1 saturated carbocycles. The number of rotatable bonds is 8. The zero-order chi connectivity index (χ0) is 16.5. The van der Waals surface area contributed by atoms with Crippen LogP contribution in [0, 0.1) is 0 Å². The first kappa shape index (κ1) is 17.7. The number of pyridine rings is 1. The number of unbranched alkanes of at least 4 members (excludes halogenated alkanes) is 1. The van der Waals surface area contributed by atoms with Crippen molar-refractivity contribution in [2.75, 3.05) is 6.61 Å². The molecule has 0 aliphatic heterocycles. The highest BCUT2D eigenvalue weighted by molar-refractivity contribution is 5.77. The lowest BCUT2D eigenvalue weighted by molar-refractivity contribution is -0.127. The van der Waals surface area contributed by atoms with Crippen molar-refractivity contribution in [2.45, 2.75) is 70.4 Å². The topological polar surface area (TPSA) is 71.5 Å². The smallest absolute Gasteiger partial charge is 0.223 e. The molecule has 1 aliphatic carbocycles. The van der Waals surface area contributed by atoms with Crippen molar-refractivity contribution in [3.63, 3.8) is 0 Å². The molecule has 0 aromatic carbocycles. The molecule has 2 N–H and O–H groups in total. The van der Waals surface area contributed by atoms with Crippen LogP contribution in [-0.4, -0.2) is 28.2 Å². The molecule has 0 atom stereocenters. The molecular weight excluding hydrogens is 292 g/mol. The fraction of sp³-hybridized carbons (Fsp3) is 0.667. The Morgan fingerprint density at radius 3 is 2.91 bits per heavy atom. The summed E-state index contributed by atoms with van der Waals surface area (Å²) in [6, 6.07) is 3.74. The van der Waals surface area contributed by atoms with Gasteiger partial charge in [0.05, 0.1) is 18.6 Å². The first-order valence-electron chi connectivity index (χ1n) is 8.69. The molecule has 2 rings (SSSR count). The summed E-state index contributed by atoms with van der Waals surface area (Å²) >= 11 is 0. The van der Waals surface area contributed by atoms with Gasteiger partial charge in [0.25, 0.3) is 0 Å². The molecule has 1 amide bonds. The Morgan fingerprint density at radius 1 is 1.39 bits per heavy atom. The van der Waals surface area contributed by atoms with Crippen molar-refractivity contribution in [3.8, 4) is 5.88 Å². The fourth-order valence-corrected chi connectivity index (χ4v) is 2.94. The van der Waals surface area contributed by atoms with E-state index in [0.717, 1.165) is 50.5 Å². The van der Waals surface area contributed by atoms with Crippen LogP contribution in [0.2, 0.25) is 0 Å². The minimum atomic E-state index is -0.822. The standard InChI is InChI=1S/C18H28N2O3/c1-2-3-12-23-17-15(8-7-11-19-17)14-20-16(21)13-18(22)9-5-4-6-10-18/h7-8,11,22H,2-6,9-10,12-14H2,1H3,(H,20,21). The molecule has 1 fully saturated rings. The third kappa shape index (κ3) is 5.82. The minimum Gasteiger partial charge on any atom is -0.477 e. The van der Waals surface area contributed by atoms with Crippen molar-refractivity contribution in [2.24, 2.45) is 0 Å². The van der Waals surface area contributed by atoms with E-state index in [2.05, 4.69) is 17.2 Å². The number of hydrogen-bond acceptors (Lipinski definition) is 4. The maximum atomic E-state index is 12.1. The van der Waals surface area contributed by atoms with Gasteiger partial charge in [0.2, 0.25) is 11.8 Å². The Bertz CT molecular complexity index is 499. The van der Waals surface area contributed by atoms with E-state index in [1.807, 2.05) is 12.1 Å². The molecule has 23 heavy (non-hydrogen) atoms. The third-order valence-electron chi connectivity index (χ3n) is 4.34. The van der Waals surface area contributed by atoms with Crippen molar-refractivity contribution >= 4 is 5.91 Å². The van der Waals surface area contributed by atoms with Crippen LogP contribution >= 0.6 is 0 Å². The van der Waals surface area contributed by atoms with Gasteiger partial charge in [0.15, 0.2) is 0 Å². The Morgan fingerprint density at radius 2 is 2.17 bits per heavy atom. The minimum absolute atomic E-state index is 0.113. The Labute approximate surface area is 138 Å². The summed E-state index contributed by atoms with van der Waals surface area (Å²) in [5.41, 5.74) is 0.0464. The molecule has 0 radical (unpaired) electrons. The fourth-order valence-electron chi connectivity index (χ4n) is 2.94. The predicted octanol–water partition coefficient (Wildman–Crippen LogP) is 2.96. The average molecular weight is 320 g/mol. The lowest BCUT2D eigenvalue weighted by atomic mass is 9.82. The largest absolute Gasteiger partial charge is 0.477 e. The van der Waals surface area contributed by atoms with Gasteiger partial charge in [-0.2, -0.15) is 0 Å². The van der Waals surface area contributed by atoms with Gasteiger partial charge in [-0.3, -0.25) is 4.79 Å². The summed E-state index contributed by atoms with van der Waals surface area (Å²) in [6.45, 7) is 3.12. The summed E-state index contributed by atoms with van der Waals surface area (Å²) in [7, 11) is 0. The second-order valence-electron chi connectivity index (χ2n) is 6.41. The summed E-state index contributed by atoms with van der Waals surface area (Å²) in [6.07, 6.45) is 8.52. The summed E-state index contributed by atoms with van der Waals surface area (Å²) in [4.78, 5) is 16.4. The van der Waals surface area contributed by atoms with Gasteiger partial charge in [-0.05, 0) is 25.3 Å². The van der Waals surface area contributed by atoms with Gasteiger partial charge < -0.3 is 15.2 Å². The zero-order valence-corrected chi connectivity index (χ0v) is 14.0. The van der Waals surface area contributed by atoms with E-state index in [-0.39, 0.29) is 12.3 Å². The van der Waals surface area contributed by atoms with Crippen LogP contribution in [0.15, 0.2) is 18.3 Å². The molecule has 1 heterocycles. The molecule has 1 aliphatic rings. The number of carbonyl (C=O) groups excluding carboxylic acids is 1. The van der Waals surface area contributed by atoms with Gasteiger partial charge >= 0.3 is 0 Å². The highest BCUT2D eigenvalue weighted by atomic mass is 16.5. The second-order valence-corrected chi connectivity index (χ2v) is 6.41. The molecule has 0 saturated heterocycles. The maximum Gasteiger partial charge on any atom is 0.223 e. The van der Waals surface area contributed by atoms with Crippen molar-refractivity contribution in [3.05, 3.63) is 23.9 Å². The normalized spacial score (nSPS) is 16.8. The van der Waals surface area contributed by atoms with E-state index in [1.54, 1.807) is 6.20 Å². The molecule has 0 spiro atoms. The van der Waals surface area contributed by atoms with Crippen LogP contribution in [0.5, 0.6) is 5.88 Å². The number of nitrogens with one attached hydrogen (secondary N) is 1. The third-order valence-corrected chi connectivity index (χ3v) is 4.34. The summed E-state index contributed by atoms with van der Waals surface area (Å²) in [5, 5.41) is 13.3. The predicted molar refractivity (Wildman–Crippen MR) is 89.1 cm³/mol. The quantitative estimate of drug-likeness (QED) is 0.722. The van der Waals surface area contributed by atoms with Crippen LogP contribution in [0.4, 0.5) is 0 Å². The lowest BCUT2D eigenvalue weighted by Crippen LogP contribution is -2.38. The Balaban J connectivity index is 1.83. The number of nitrogens with zero attached hydrogens (tertiary/aromatic N) is 1. The van der Waals surface area contributed by atoms with E-state index in [0.29, 0.717) is 19.0 Å². The molecule has 1 aromatic heterocycles. The maximum absolute atomic E-state index is 12.1. The molecule has 0 unspecified atom stereocenters. The monoisotopic (exact) mass is 320 g/mol. The average Bonchev–Trinajstić information content (AvgIpc) is 2.54. The van der Waals surface area contributed by atoms with Crippen molar-refractivity contribution < 1.29 is 14.6 Å².